The van der Waals surface area contributed by atoms with E-state index in [1.807, 2.05) is 12.1 Å². The van der Waals surface area contributed by atoms with Crippen LogP contribution >= 0.6 is 11.8 Å². The first-order chi connectivity index (χ1) is 9.33. The number of ether oxygens (including phenoxy) is 3. The molecule has 0 spiro atoms. The highest BCUT2D eigenvalue weighted by Crippen LogP contribution is 2.48. The van der Waals surface area contributed by atoms with Crippen LogP contribution in [0.4, 0.5) is 0 Å². The number of thioether (sulfide) groups is 1. The molecule has 3 nitrogen and oxygen atoms in total. The van der Waals surface area contributed by atoms with Crippen molar-refractivity contribution in [2.24, 2.45) is 5.92 Å². The molecular weight excluding hydrogens is 260 g/mol. The van der Waals surface area contributed by atoms with Crippen molar-refractivity contribution in [3.8, 4) is 11.5 Å². The summed E-state index contributed by atoms with van der Waals surface area (Å²) in [5.41, 5.74) is 1.14. The van der Waals surface area contributed by atoms with Crippen molar-refractivity contribution in [1.29, 1.82) is 0 Å². The highest BCUT2D eigenvalue weighted by Gasteiger charge is 2.40. The molecule has 0 aromatic heterocycles. The number of hydrogen-bond acceptors (Lipinski definition) is 4. The summed E-state index contributed by atoms with van der Waals surface area (Å²) in [5.74, 6) is 3.64. The molecule has 1 aromatic rings. The largest absolute Gasteiger partial charge is 0.497 e. The fourth-order valence-electron chi connectivity index (χ4n) is 3.13. The SMILES string of the molecule is COc1ccc(OC)c([C@@H]2OCC[C@@H]3SCC[C@H]32)c1. The molecule has 0 bridgehead atoms. The van der Waals surface area contributed by atoms with Gasteiger partial charge in [-0.1, -0.05) is 0 Å². The predicted molar refractivity (Wildman–Crippen MR) is 77.2 cm³/mol. The van der Waals surface area contributed by atoms with E-state index in [4.69, 9.17) is 14.2 Å². The molecule has 0 unspecified atom stereocenters. The summed E-state index contributed by atoms with van der Waals surface area (Å²) in [5, 5.41) is 0.745. The number of benzene rings is 1. The molecule has 0 radical (unpaired) electrons. The lowest BCUT2D eigenvalue weighted by Gasteiger charge is -2.34. The van der Waals surface area contributed by atoms with Crippen LogP contribution in [0.3, 0.4) is 0 Å². The van der Waals surface area contributed by atoms with Gasteiger partial charge in [-0.05, 0) is 36.8 Å². The van der Waals surface area contributed by atoms with Gasteiger partial charge in [0, 0.05) is 23.3 Å². The summed E-state index contributed by atoms with van der Waals surface area (Å²) in [4.78, 5) is 0. The van der Waals surface area contributed by atoms with Gasteiger partial charge in [0.15, 0.2) is 0 Å². The minimum absolute atomic E-state index is 0.152. The summed E-state index contributed by atoms with van der Waals surface area (Å²) in [6.07, 6.45) is 2.57. The van der Waals surface area contributed by atoms with Crippen molar-refractivity contribution in [2.75, 3.05) is 26.6 Å². The van der Waals surface area contributed by atoms with E-state index in [1.54, 1.807) is 14.2 Å². The zero-order valence-corrected chi connectivity index (χ0v) is 12.2. The van der Waals surface area contributed by atoms with Crippen LogP contribution in [0.2, 0.25) is 0 Å². The summed E-state index contributed by atoms with van der Waals surface area (Å²) in [7, 11) is 3.41. The third-order valence-corrected chi connectivity index (χ3v) is 5.58. The molecule has 104 valence electrons. The third kappa shape index (κ3) is 2.43. The quantitative estimate of drug-likeness (QED) is 0.849. The van der Waals surface area contributed by atoms with Gasteiger partial charge in [0.25, 0.3) is 0 Å². The zero-order valence-electron chi connectivity index (χ0n) is 11.4. The molecule has 2 aliphatic heterocycles. The average molecular weight is 280 g/mol. The second-order valence-electron chi connectivity index (χ2n) is 5.05. The zero-order chi connectivity index (χ0) is 13.2. The Labute approximate surface area is 118 Å². The lowest BCUT2D eigenvalue weighted by molar-refractivity contribution is -0.0236. The topological polar surface area (TPSA) is 27.7 Å². The van der Waals surface area contributed by atoms with Crippen LogP contribution < -0.4 is 9.47 Å². The van der Waals surface area contributed by atoms with E-state index in [-0.39, 0.29) is 6.10 Å². The van der Waals surface area contributed by atoms with Crippen LogP contribution in [-0.4, -0.2) is 31.8 Å². The molecule has 2 fully saturated rings. The van der Waals surface area contributed by atoms with Gasteiger partial charge in [-0.25, -0.2) is 0 Å². The van der Waals surface area contributed by atoms with Crippen LogP contribution in [0, 0.1) is 5.92 Å². The first-order valence-electron chi connectivity index (χ1n) is 6.78. The van der Waals surface area contributed by atoms with E-state index in [1.165, 1.54) is 18.6 Å². The lowest BCUT2D eigenvalue weighted by atomic mass is 9.87. The minimum atomic E-state index is 0.152. The average Bonchev–Trinajstić information content (AvgIpc) is 2.94. The maximum Gasteiger partial charge on any atom is 0.124 e. The molecule has 0 aliphatic carbocycles. The van der Waals surface area contributed by atoms with Gasteiger partial charge in [-0.3, -0.25) is 0 Å². The summed E-state index contributed by atoms with van der Waals surface area (Å²) in [6.45, 7) is 0.846. The normalized spacial score (nSPS) is 29.9. The van der Waals surface area contributed by atoms with Crippen LogP contribution in [0.15, 0.2) is 18.2 Å². The Morgan fingerprint density at radius 2 is 2.11 bits per heavy atom. The standard InChI is InChI=1S/C15H20O3S/c1-16-10-3-4-13(17-2)12(9-10)15-11-6-8-19-14(11)5-7-18-15/h3-4,9,11,14-15H,5-8H2,1-2H3/t11-,14+,15-/m1/s1. The summed E-state index contributed by atoms with van der Waals surface area (Å²) in [6, 6.07) is 5.98. The molecule has 19 heavy (non-hydrogen) atoms. The number of methoxy groups -OCH3 is 2. The molecule has 2 heterocycles. The molecule has 0 N–H and O–H groups in total. The van der Waals surface area contributed by atoms with E-state index >= 15 is 0 Å². The Hall–Kier alpha value is -0.870. The predicted octanol–water partition coefficient (Wildman–Crippen LogP) is 3.29. The van der Waals surface area contributed by atoms with Crippen LogP contribution in [0.25, 0.3) is 0 Å². The maximum atomic E-state index is 6.07. The van der Waals surface area contributed by atoms with E-state index < -0.39 is 0 Å². The van der Waals surface area contributed by atoms with Crippen molar-refractivity contribution >= 4 is 11.8 Å². The summed E-state index contributed by atoms with van der Waals surface area (Å²) < 4.78 is 16.9. The van der Waals surface area contributed by atoms with Gasteiger partial charge >= 0.3 is 0 Å². The fourth-order valence-corrected chi connectivity index (χ4v) is 4.63. The second kappa shape index (κ2) is 5.63. The Kier molecular flexibility index (Phi) is 3.89. The molecule has 2 aliphatic rings. The van der Waals surface area contributed by atoms with Gasteiger partial charge in [-0.15, -0.1) is 0 Å². The highest BCUT2D eigenvalue weighted by molar-refractivity contribution is 8.00. The monoisotopic (exact) mass is 280 g/mol. The Bertz CT molecular complexity index is 449. The molecule has 3 rings (SSSR count). The van der Waals surface area contributed by atoms with Gasteiger partial charge in [0.1, 0.15) is 11.5 Å². The summed E-state index contributed by atoms with van der Waals surface area (Å²) >= 11 is 2.10. The highest BCUT2D eigenvalue weighted by atomic mass is 32.2. The van der Waals surface area contributed by atoms with Crippen molar-refractivity contribution in [3.05, 3.63) is 23.8 Å². The molecule has 3 atom stereocenters. The van der Waals surface area contributed by atoms with Crippen molar-refractivity contribution in [3.63, 3.8) is 0 Å². The smallest absolute Gasteiger partial charge is 0.124 e. The first kappa shape index (κ1) is 13.1. The lowest BCUT2D eigenvalue weighted by Crippen LogP contribution is -2.29. The maximum absolute atomic E-state index is 6.07. The Morgan fingerprint density at radius 3 is 2.89 bits per heavy atom. The molecule has 4 heteroatoms. The molecule has 1 aromatic carbocycles. The van der Waals surface area contributed by atoms with Crippen molar-refractivity contribution in [2.45, 2.75) is 24.2 Å². The van der Waals surface area contributed by atoms with Crippen molar-refractivity contribution in [1.82, 2.24) is 0 Å². The fraction of sp³-hybridized carbons (Fsp3) is 0.600. The second-order valence-corrected chi connectivity index (χ2v) is 6.40. The number of fused-ring (bicyclic) bond motifs is 1. The van der Waals surface area contributed by atoms with Gasteiger partial charge < -0.3 is 14.2 Å². The van der Waals surface area contributed by atoms with Crippen LogP contribution in [0.1, 0.15) is 24.5 Å². The van der Waals surface area contributed by atoms with E-state index in [2.05, 4.69) is 17.8 Å². The Morgan fingerprint density at radius 1 is 1.21 bits per heavy atom. The van der Waals surface area contributed by atoms with Gasteiger partial charge in [0.2, 0.25) is 0 Å². The number of rotatable bonds is 3. The van der Waals surface area contributed by atoms with Gasteiger partial charge in [-0.2, -0.15) is 11.8 Å². The molecular formula is C15H20O3S. The van der Waals surface area contributed by atoms with E-state index in [9.17, 15) is 0 Å². The molecule has 0 saturated carbocycles. The van der Waals surface area contributed by atoms with Crippen LogP contribution in [0.5, 0.6) is 11.5 Å². The van der Waals surface area contributed by atoms with Gasteiger partial charge in [0.05, 0.1) is 20.3 Å². The molecule has 2 saturated heterocycles. The van der Waals surface area contributed by atoms with Crippen molar-refractivity contribution < 1.29 is 14.2 Å². The van der Waals surface area contributed by atoms with Crippen LogP contribution in [-0.2, 0) is 4.74 Å². The molecule has 0 amide bonds. The minimum Gasteiger partial charge on any atom is -0.497 e. The third-order valence-electron chi connectivity index (χ3n) is 4.09. The van der Waals surface area contributed by atoms with E-state index in [0.717, 1.165) is 28.9 Å². The Balaban J connectivity index is 1.95. The van der Waals surface area contributed by atoms with E-state index in [0.29, 0.717) is 5.92 Å². The number of hydrogen-bond donors (Lipinski definition) is 0. The first-order valence-corrected chi connectivity index (χ1v) is 7.83.